The zero-order chi connectivity index (χ0) is 12.3. The molecule has 0 bridgehead atoms. The van der Waals surface area contributed by atoms with Gasteiger partial charge in [-0.1, -0.05) is 36.4 Å². The molecule has 0 fully saturated rings. The van der Waals surface area contributed by atoms with Gasteiger partial charge in [-0.2, -0.15) is 0 Å². The molecule has 1 unspecified atom stereocenters. The second kappa shape index (κ2) is 5.47. The Morgan fingerprint density at radius 3 is 2.53 bits per heavy atom. The van der Waals surface area contributed by atoms with Crippen molar-refractivity contribution >= 4 is 21.0 Å². The van der Waals surface area contributed by atoms with Gasteiger partial charge < -0.3 is 4.74 Å². The first-order chi connectivity index (χ1) is 8.24. The monoisotopic (exact) mass is 244 g/mol. The minimum atomic E-state index is 0.167. The largest absolute Gasteiger partial charge is 0.377 e. The van der Waals surface area contributed by atoms with Gasteiger partial charge in [-0.05, 0) is 41.3 Å². The van der Waals surface area contributed by atoms with E-state index in [0.29, 0.717) is 0 Å². The second-order valence-electron chi connectivity index (χ2n) is 4.57. The van der Waals surface area contributed by atoms with E-state index in [1.54, 1.807) is 7.11 Å². The van der Waals surface area contributed by atoms with Crippen molar-refractivity contribution in [3.63, 3.8) is 0 Å². The lowest BCUT2D eigenvalue weighted by molar-refractivity contribution is 0.119. The predicted octanol–water partition coefficient (Wildman–Crippen LogP) is 2.87. The molecule has 0 heterocycles. The van der Waals surface area contributed by atoms with Gasteiger partial charge in [0.1, 0.15) is 0 Å². The van der Waals surface area contributed by atoms with Crippen molar-refractivity contribution in [1.82, 2.24) is 0 Å². The molecule has 0 N–H and O–H groups in total. The maximum Gasteiger partial charge on any atom is 0.0793 e. The summed E-state index contributed by atoms with van der Waals surface area (Å²) < 4.78 is 5.35. The maximum atomic E-state index is 5.35. The average molecular weight is 244 g/mol. The molecule has 2 aromatic rings. The Bertz CT molecular complexity index is 507. The first kappa shape index (κ1) is 12.3. The number of fused-ring (bicyclic) bond motifs is 1. The Balaban J connectivity index is 2.39. The van der Waals surface area contributed by atoms with Crippen molar-refractivity contribution in [2.24, 2.45) is 0 Å². The molecular formula is C15H20OSi. The molecule has 1 atom stereocenters. The van der Waals surface area contributed by atoms with Gasteiger partial charge in [0.15, 0.2) is 0 Å². The predicted molar refractivity (Wildman–Crippen MR) is 77.8 cm³/mol. The first-order valence-corrected chi connectivity index (χ1v) is 7.71. The van der Waals surface area contributed by atoms with Crippen LogP contribution in [0.3, 0.4) is 0 Å². The van der Waals surface area contributed by atoms with Crippen LogP contribution < -0.4 is 0 Å². The smallest absolute Gasteiger partial charge is 0.0793 e. The van der Waals surface area contributed by atoms with Crippen LogP contribution >= 0.6 is 0 Å². The van der Waals surface area contributed by atoms with Gasteiger partial charge >= 0.3 is 0 Å². The minimum Gasteiger partial charge on any atom is -0.377 e. The summed E-state index contributed by atoms with van der Waals surface area (Å²) in [4.78, 5) is 0. The molecule has 0 saturated heterocycles. The molecule has 0 radical (unpaired) electrons. The number of hydrogen-bond donors (Lipinski definition) is 0. The summed E-state index contributed by atoms with van der Waals surface area (Å²) in [6.07, 6.45) is 1.39. The fourth-order valence-electron chi connectivity index (χ4n) is 2.15. The van der Waals surface area contributed by atoms with E-state index < -0.39 is 0 Å². The molecule has 2 rings (SSSR count). The third kappa shape index (κ3) is 2.76. The van der Waals surface area contributed by atoms with Crippen LogP contribution in [0.1, 0.15) is 24.2 Å². The van der Waals surface area contributed by atoms with E-state index in [1.807, 2.05) is 0 Å². The SMILES string of the molecule is COC(C)c1ccc2cc(CC[SiH3])ccc2c1. The quantitative estimate of drug-likeness (QED) is 0.752. The van der Waals surface area contributed by atoms with E-state index in [0.717, 1.165) is 0 Å². The molecule has 1 nitrogen and oxygen atoms in total. The van der Waals surface area contributed by atoms with Crippen molar-refractivity contribution < 1.29 is 4.74 Å². The van der Waals surface area contributed by atoms with Crippen molar-refractivity contribution in [1.29, 1.82) is 0 Å². The van der Waals surface area contributed by atoms with Gasteiger partial charge in [-0.25, -0.2) is 0 Å². The molecule has 0 spiro atoms. The van der Waals surface area contributed by atoms with Crippen molar-refractivity contribution in [2.75, 3.05) is 7.11 Å². The molecule has 2 heteroatoms. The highest BCUT2D eigenvalue weighted by Gasteiger charge is 2.04. The third-order valence-corrected chi connectivity index (χ3v) is 3.79. The zero-order valence-corrected chi connectivity index (χ0v) is 12.9. The molecule has 0 saturated carbocycles. The van der Waals surface area contributed by atoms with E-state index in [9.17, 15) is 0 Å². The van der Waals surface area contributed by atoms with Gasteiger partial charge in [0.2, 0.25) is 0 Å². The van der Waals surface area contributed by atoms with Crippen LogP contribution in [0.25, 0.3) is 10.8 Å². The van der Waals surface area contributed by atoms with Crippen LogP contribution in [-0.2, 0) is 11.2 Å². The van der Waals surface area contributed by atoms with Gasteiger partial charge in [0, 0.05) is 17.4 Å². The van der Waals surface area contributed by atoms with Crippen LogP contribution in [0, 0.1) is 0 Å². The molecular weight excluding hydrogens is 224 g/mol. The zero-order valence-electron chi connectivity index (χ0n) is 10.9. The highest BCUT2D eigenvalue weighted by atomic mass is 28.1. The highest BCUT2D eigenvalue weighted by molar-refractivity contribution is 6.08. The molecule has 17 heavy (non-hydrogen) atoms. The fourth-order valence-corrected chi connectivity index (χ4v) is 2.72. The number of aryl methyl sites for hydroxylation is 1. The van der Waals surface area contributed by atoms with Crippen LogP contribution in [0.5, 0.6) is 0 Å². The van der Waals surface area contributed by atoms with Gasteiger partial charge in [0.05, 0.1) is 6.10 Å². The average Bonchev–Trinajstić information content (AvgIpc) is 2.37. The molecule has 0 aliphatic rings. The summed E-state index contributed by atoms with van der Waals surface area (Å²) in [7, 11) is 3.04. The van der Waals surface area contributed by atoms with Gasteiger partial charge in [-0.15, -0.1) is 0 Å². The van der Waals surface area contributed by atoms with Crippen molar-refractivity contribution in [2.45, 2.75) is 25.5 Å². The van der Waals surface area contributed by atoms with Crippen LogP contribution in [0.2, 0.25) is 6.04 Å². The van der Waals surface area contributed by atoms with E-state index in [4.69, 9.17) is 4.74 Å². The second-order valence-corrected chi connectivity index (χ2v) is 5.57. The van der Waals surface area contributed by atoms with Gasteiger partial charge in [0.25, 0.3) is 0 Å². The lowest BCUT2D eigenvalue weighted by Crippen LogP contribution is -1.95. The molecule has 2 aromatic carbocycles. The van der Waals surface area contributed by atoms with E-state index >= 15 is 0 Å². The Hall–Kier alpha value is -1.12. The number of hydrogen-bond acceptors (Lipinski definition) is 1. The first-order valence-electron chi connectivity index (χ1n) is 6.30. The Kier molecular flexibility index (Phi) is 3.97. The standard InChI is InChI=1S/C15H20OSi/c1-11(16-2)13-5-6-14-9-12(7-8-17)3-4-15(14)10-13/h3-6,9-11H,7-8H2,1-2,17H3. The summed E-state index contributed by atoms with van der Waals surface area (Å²) >= 11 is 0. The summed E-state index contributed by atoms with van der Waals surface area (Å²) in [6.45, 7) is 2.08. The lowest BCUT2D eigenvalue weighted by atomic mass is 10.0. The fraction of sp³-hybridized carbons (Fsp3) is 0.333. The van der Waals surface area contributed by atoms with E-state index in [1.165, 1.54) is 44.6 Å². The Morgan fingerprint density at radius 2 is 1.82 bits per heavy atom. The number of ether oxygens (including phenoxy) is 1. The van der Waals surface area contributed by atoms with Crippen LogP contribution in [0.4, 0.5) is 0 Å². The van der Waals surface area contributed by atoms with Crippen molar-refractivity contribution in [3.8, 4) is 0 Å². The summed E-state index contributed by atoms with van der Waals surface area (Å²) in [6, 6.07) is 14.7. The Labute approximate surface area is 106 Å². The number of methoxy groups -OCH3 is 1. The normalized spacial score (nSPS) is 13.1. The summed E-state index contributed by atoms with van der Waals surface area (Å²) in [5, 5.41) is 2.65. The maximum absolute atomic E-state index is 5.35. The van der Waals surface area contributed by atoms with Crippen LogP contribution in [-0.4, -0.2) is 17.4 Å². The lowest BCUT2D eigenvalue weighted by Gasteiger charge is -2.11. The Morgan fingerprint density at radius 1 is 1.12 bits per heavy atom. The summed E-state index contributed by atoms with van der Waals surface area (Å²) in [5.41, 5.74) is 2.70. The third-order valence-electron chi connectivity index (χ3n) is 3.29. The van der Waals surface area contributed by atoms with Crippen LogP contribution in [0.15, 0.2) is 36.4 Å². The number of benzene rings is 2. The van der Waals surface area contributed by atoms with Crippen molar-refractivity contribution in [3.05, 3.63) is 47.5 Å². The minimum absolute atomic E-state index is 0.167. The molecule has 0 aromatic heterocycles. The number of rotatable bonds is 4. The van der Waals surface area contributed by atoms with E-state index in [-0.39, 0.29) is 6.10 Å². The molecule has 0 amide bonds. The molecule has 0 aliphatic carbocycles. The van der Waals surface area contributed by atoms with E-state index in [2.05, 4.69) is 43.3 Å². The topological polar surface area (TPSA) is 9.23 Å². The molecule has 90 valence electrons. The highest BCUT2D eigenvalue weighted by Crippen LogP contribution is 2.23. The molecule has 0 aliphatic heterocycles. The van der Waals surface area contributed by atoms with Gasteiger partial charge in [-0.3, -0.25) is 0 Å². The summed E-state index contributed by atoms with van der Waals surface area (Å²) in [5.74, 6) is 0.